The van der Waals surface area contributed by atoms with Gasteiger partial charge < -0.3 is 19.7 Å². The van der Waals surface area contributed by atoms with Crippen LogP contribution >= 0.6 is 0 Å². The molecule has 8 nitrogen and oxygen atoms in total. The molecule has 8 heteroatoms. The molecule has 1 aliphatic rings. The molecule has 0 radical (unpaired) electrons. The molecule has 34 heavy (non-hydrogen) atoms. The van der Waals surface area contributed by atoms with Crippen molar-refractivity contribution >= 4 is 17.5 Å². The van der Waals surface area contributed by atoms with Gasteiger partial charge in [-0.1, -0.05) is 6.07 Å². The summed E-state index contributed by atoms with van der Waals surface area (Å²) in [7, 11) is 1.57. The molecule has 2 aromatic carbocycles. The number of carbonyl (C=O) groups is 2. The normalized spacial score (nSPS) is 13.9. The van der Waals surface area contributed by atoms with E-state index in [0.717, 1.165) is 19.6 Å². The molecule has 4 rings (SSSR count). The summed E-state index contributed by atoms with van der Waals surface area (Å²) in [5.41, 5.74) is 2.47. The summed E-state index contributed by atoms with van der Waals surface area (Å²) < 4.78 is 10.7. The van der Waals surface area contributed by atoms with Crippen LogP contribution in [0.3, 0.4) is 0 Å². The van der Waals surface area contributed by atoms with Gasteiger partial charge in [-0.15, -0.1) is 0 Å². The minimum absolute atomic E-state index is 0.00544. The maximum atomic E-state index is 12.9. The first-order valence-corrected chi connectivity index (χ1v) is 11.2. The standard InChI is InChI=1S/C26H28N4O4/c1-33-24-4-2-3-22(17-24)28-25(31)19-34-23-7-5-21(6-8-23)26(32)30-15-13-29(14-16-30)18-20-9-11-27-12-10-20/h2-12,17H,13-16,18-19H2,1H3,(H,28,31). The van der Waals surface area contributed by atoms with Crippen molar-refractivity contribution in [2.45, 2.75) is 6.54 Å². The molecule has 0 atom stereocenters. The molecule has 0 aliphatic carbocycles. The molecule has 0 saturated carbocycles. The van der Waals surface area contributed by atoms with Crippen LogP contribution in [-0.4, -0.2) is 66.5 Å². The van der Waals surface area contributed by atoms with Gasteiger partial charge >= 0.3 is 0 Å². The van der Waals surface area contributed by atoms with Crippen LogP contribution in [0.2, 0.25) is 0 Å². The molecule has 1 saturated heterocycles. The van der Waals surface area contributed by atoms with E-state index in [2.05, 4.69) is 15.2 Å². The quantitative estimate of drug-likeness (QED) is 0.556. The number of nitrogens with zero attached hydrogens (tertiary/aromatic N) is 3. The molecular formula is C26H28N4O4. The lowest BCUT2D eigenvalue weighted by Crippen LogP contribution is -2.48. The number of rotatable bonds is 8. The van der Waals surface area contributed by atoms with Gasteiger partial charge in [0, 0.05) is 62.4 Å². The summed E-state index contributed by atoms with van der Waals surface area (Å²) in [6.45, 7) is 3.76. The number of aromatic nitrogens is 1. The minimum Gasteiger partial charge on any atom is -0.497 e. The lowest BCUT2D eigenvalue weighted by atomic mass is 10.1. The van der Waals surface area contributed by atoms with Gasteiger partial charge in [-0.25, -0.2) is 0 Å². The number of nitrogens with one attached hydrogen (secondary N) is 1. The summed E-state index contributed by atoms with van der Waals surface area (Å²) >= 11 is 0. The van der Waals surface area contributed by atoms with E-state index in [1.807, 2.05) is 17.0 Å². The highest BCUT2D eigenvalue weighted by molar-refractivity contribution is 5.94. The second-order valence-corrected chi connectivity index (χ2v) is 8.02. The molecular weight excluding hydrogens is 432 g/mol. The first kappa shape index (κ1) is 23.3. The van der Waals surface area contributed by atoms with Gasteiger partial charge in [0.25, 0.3) is 11.8 Å². The van der Waals surface area contributed by atoms with Gasteiger partial charge in [0.05, 0.1) is 7.11 Å². The summed E-state index contributed by atoms with van der Waals surface area (Å²) in [6.07, 6.45) is 3.60. The van der Waals surface area contributed by atoms with Crippen LogP contribution in [0.5, 0.6) is 11.5 Å². The smallest absolute Gasteiger partial charge is 0.262 e. The van der Waals surface area contributed by atoms with Gasteiger partial charge in [-0.05, 0) is 54.1 Å². The van der Waals surface area contributed by atoms with Gasteiger partial charge in [0.1, 0.15) is 11.5 Å². The van der Waals surface area contributed by atoms with Crippen LogP contribution in [-0.2, 0) is 11.3 Å². The van der Waals surface area contributed by atoms with E-state index in [0.29, 0.717) is 35.8 Å². The number of piperazine rings is 1. The van der Waals surface area contributed by atoms with Crippen molar-refractivity contribution in [3.8, 4) is 11.5 Å². The van der Waals surface area contributed by atoms with Crippen LogP contribution in [0.4, 0.5) is 5.69 Å². The second kappa shape index (κ2) is 11.3. The van der Waals surface area contributed by atoms with Gasteiger partial charge in [0.2, 0.25) is 0 Å². The summed E-state index contributed by atoms with van der Waals surface area (Å²) in [5, 5.41) is 2.77. The number of hydrogen-bond donors (Lipinski definition) is 1. The molecule has 1 fully saturated rings. The van der Waals surface area contributed by atoms with E-state index >= 15 is 0 Å². The van der Waals surface area contributed by atoms with E-state index in [1.165, 1.54) is 5.56 Å². The maximum Gasteiger partial charge on any atom is 0.262 e. The lowest BCUT2D eigenvalue weighted by Gasteiger charge is -2.34. The molecule has 1 aliphatic heterocycles. The zero-order chi connectivity index (χ0) is 23.8. The van der Waals surface area contributed by atoms with Gasteiger partial charge in [-0.2, -0.15) is 0 Å². The fourth-order valence-electron chi connectivity index (χ4n) is 3.78. The van der Waals surface area contributed by atoms with E-state index in [1.54, 1.807) is 68.0 Å². The van der Waals surface area contributed by atoms with Crippen LogP contribution < -0.4 is 14.8 Å². The van der Waals surface area contributed by atoms with Crippen molar-refractivity contribution in [3.63, 3.8) is 0 Å². The Morgan fingerprint density at radius 3 is 2.38 bits per heavy atom. The van der Waals surface area contributed by atoms with Crippen molar-refractivity contribution in [2.24, 2.45) is 0 Å². The number of ether oxygens (including phenoxy) is 2. The number of hydrogen-bond acceptors (Lipinski definition) is 6. The molecule has 0 bridgehead atoms. The number of benzene rings is 2. The number of pyridine rings is 1. The van der Waals surface area contributed by atoms with Crippen LogP contribution in [0.1, 0.15) is 15.9 Å². The van der Waals surface area contributed by atoms with Crippen molar-refractivity contribution in [1.82, 2.24) is 14.8 Å². The Kier molecular flexibility index (Phi) is 7.72. The highest BCUT2D eigenvalue weighted by Crippen LogP contribution is 2.18. The highest BCUT2D eigenvalue weighted by Gasteiger charge is 2.22. The van der Waals surface area contributed by atoms with Gasteiger partial charge in [0.15, 0.2) is 6.61 Å². The number of anilines is 1. The molecule has 0 spiro atoms. The predicted molar refractivity (Wildman–Crippen MR) is 129 cm³/mol. The Balaban J connectivity index is 1.23. The monoisotopic (exact) mass is 460 g/mol. The SMILES string of the molecule is COc1cccc(NC(=O)COc2ccc(C(=O)N3CCN(Cc4ccncc4)CC3)cc2)c1. The number of carbonyl (C=O) groups excluding carboxylic acids is 2. The van der Waals surface area contributed by atoms with Crippen LogP contribution in [0, 0.1) is 0 Å². The lowest BCUT2D eigenvalue weighted by molar-refractivity contribution is -0.118. The molecule has 1 aromatic heterocycles. The Morgan fingerprint density at radius 2 is 1.68 bits per heavy atom. The number of methoxy groups -OCH3 is 1. The molecule has 176 valence electrons. The summed E-state index contributed by atoms with van der Waals surface area (Å²) in [4.78, 5) is 33.3. The fourth-order valence-corrected chi connectivity index (χ4v) is 3.78. The zero-order valence-corrected chi connectivity index (χ0v) is 19.1. The van der Waals surface area contributed by atoms with Crippen LogP contribution in [0.25, 0.3) is 0 Å². The van der Waals surface area contributed by atoms with Crippen molar-refractivity contribution in [3.05, 3.63) is 84.2 Å². The fraction of sp³-hybridized carbons (Fsp3) is 0.269. The molecule has 0 unspecified atom stereocenters. The highest BCUT2D eigenvalue weighted by atomic mass is 16.5. The Bertz CT molecular complexity index is 1100. The third-order valence-corrected chi connectivity index (χ3v) is 5.64. The summed E-state index contributed by atoms with van der Waals surface area (Å²) in [6, 6.07) is 18.0. The molecule has 3 aromatic rings. The molecule has 1 N–H and O–H groups in total. The first-order valence-electron chi connectivity index (χ1n) is 11.2. The third kappa shape index (κ3) is 6.32. The topological polar surface area (TPSA) is 84.0 Å². The van der Waals surface area contributed by atoms with Crippen LogP contribution in [0.15, 0.2) is 73.1 Å². The van der Waals surface area contributed by atoms with Gasteiger partial charge in [-0.3, -0.25) is 19.5 Å². The van der Waals surface area contributed by atoms with Crippen molar-refractivity contribution in [1.29, 1.82) is 0 Å². The predicted octanol–water partition coefficient (Wildman–Crippen LogP) is 3.07. The zero-order valence-electron chi connectivity index (χ0n) is 19.1. The Hall–Kier alpha value is -3.91. The van der Waals surface area contributed by atoms with E-state index in [-0.39, 0.29) is 18.4 Å². The number of amides is 2. The van der Waals surface area contributed by atoms with E-state index in [4.69, 9.17) is 9.47 Å². The Morgan fingerprint density at radius 1 is 0.941 bits per heavy atom. The van der Waals surface area contributed by atoms with E-state index < -0.39 is 0 Å². The van der Waals surface area contributed by atoms with Crippen molar-refractivity contribution in [2.75, 3.05) is 45.2 Å². The Labute approximate surface area is 199 Å². The third-order valence-electron chi connectivity index (χ3n) is 5.64. The van der Waals surface area contributed by atoms with E-state index in [9.17, 15) is 9.59 Å². The average molecular weight is 461 g/mol. The summed E-state index contributed by atoms with van der Waals surface area (Å²) in [5.74, 6) is 0.914. The van der Waals surface area contributed by atoms with Crippen molar-refractivity contribution < 1.29 is 19.1 Å². The molecule has 2 amide bonds. The maximum absolute atomic E-state index is 12.9. The minimum atomic E-state index is -0.280. The second-order valence-electron chi connectivity index (χ2n) is 8.02. The average Bonchev–Trinajstić information content (AvgIpc) is 2.88. The molecule has 2 heterocycles. The first-order chi connectivity index (χ1) is 16.6. The largest absolute Gasteiger partial charge is 0.497 e.